The highest BCUT2D eigenvalue weighted by atomic mass is 32.2. The molecule has 0 spiro atoms. The van der Waals surface area contributed by atoms with Gasteiger partial charge in [0, 0.05) is 23.3 Å². The van der Waals surface area contributed by atoms with Crippen molar-refractivity contribution in [3.8, 4) is 0 Å². The Balaban J connectivity index is 1.52. The Morgan fingerprint density at radius 2 is 1.86 bits per heavy atom. The summed E-state index contributed by atoms with van der Waals surface area (Å²) in [5.41, 5.74) is 2.68. The molecule has 2 aliphatic carbocycles. The van der Waals surface area contributed by atoms with Crippen molar-refractivity contribution in [3.63, 3.8) is 0 Å². The molecule has 3 heteroatoms. The van der Waals surface area contributed by atoms with Gasteiger partial charge in [0.15, 0.2) is 5.78 Å². The standard InChI is InChI=1S/C19H22O2S/c20-17-10-14-11-22-12-16(14)19(17)21-18-9-5-4-8-15(18)13-6-2-1-3-7-13/h1-3,6-7,10,15-16,18-19H,4-5,8-9,11-12H2/t15-,16-,18+,19+/m0/s1. The average molecular weight is 314 g/mol. The molecule has 0 aromatic heterocycles. The van der Waals surface area contributed by atoms with E-state index in [1.54, 1.807) is 0 Å². The van der Waals surface area contributed by atoms with Crippen molar-refractivity contribution >= 4 is 17.5 Å². The van der Waals surface area contributed by atoms with E-state index in [0.29, 0.717) is 11.8 Å². The Hall–Kier alpha value is -1.06. The zero-order valence-electron chi connectivity index (χ0n) is 12.7. The van der Waals surface area contributed by atoms with Gasteiger partial charge in [0.1, 0.15) is 6.10 Å². The molecule has 1 heterocycles. The normalized spacial score (nSPS) is 34.5. The van der Waals surface area contributed by atoms with Gasteiger partial charge in [0.25, 0.3) is 0 Å². The van der Waals surface area contributed by atoms with Crippen LogP contribution in [0.3, 0.4) is 0 Å². The average Bonchev–Trinajstić information content (AvgIpc) is 3.11. The van der Waals surface area contributed by atoms with E-state index in [1.165, 1.54) is 30.4 Å². The first-order valence-electron chi connectivity index (χ1n) is 8.35. The number of benzene rings is 1. The van der Waals surface area contributed by atoms with Gasteiger partial charge in [-0.05, 0) is 30.1 Å². The summed E-state index contributed by atoms with van der Waals surface area (Å²) < 4.78 is 6.43. The molecular formula is C19H22O2S. The van der Waals surface area contributed by atoms with Gasteiger partial charge >= 0.3 is 0 Å². The molecular weight excluding hydrogens is 292 g/mol. The maximum Gasteiger partial charge on any atom is 0.185 e. The number of carbonyl (C=O) groups is 1. The third kappa shape index (κ3) is 2.65. The van der Waals surface area contributed by atoms with Crippen molar-refractivity contribution in [2.24, 2.45) is 5.92 Å². The topological polar surface area (TPSA) is 26.3 Å². The lowest BCUT2D eigenvalue weighted by Crippen LogP contribution is -2.36. The fourth-order valence-corrected chi connectivity index (χ4v) is 5.40. The largest absolute Gasteiger partial charge is 0.366 e. The van der Waals surface area contributed by atoms with E-state index >= 15 is 0 Å². The number of thioether (sulfide) groups is 1. The Labute approximate surface area is 136 Å². The van der Waals surface area contributed by atoms with Crippen molar-refractivity contribution < 1.29 is 9.53 Å². The summed E-state index contributed by atoms with van der Waals surface area (Å²) >= 11 is 1.93. The highest BCUT2D eigenvalue weighted by molar-refractivity contribution is 7.99. The van der Waals surface area contributed by atoms with E-state index in [2.05, 4.69) is 30.3 Å². The lowest BCUT2D eigenvalue weighted by atomic mass is 9.81. The van der Waals surface area contributed by atoms with Crippen molar-refractivity contribution in [2.75, 3.05) is 11.5 Å². The van der Waals surface area contributed by atoms with Crippen LogP contribution in [-0.4, -0.2) is 29.5 Å². The molecule has 3 aliphatic rings. The van der Waals surface area contributed by atoms with Crippen LogP contribution in [0, 0.1) is 5.92 Å². The van der Waals surface area contributed by atoms with Crippen molar-refractivity contribution in [1.29, 1.82) is 0 Å². The molecule has 1 saturated carbocycles. The van der Waals surface area contributed by atoms with Crippen LogP contribution < -0.4 is 0 Å². The summed E-state index contributed by atoms with van der Waals surface area (Å²) in [6, 6.07) is 10.7. The Bertz CT molecular complexity index is 580. The minimum atomic E-state index is -0.209. The molecule has 0 bridgehead atoms. The fourth-order valence-electron chi connectivity index (χ4n) is 4.10. The third-order valence-electron chi connectivity index (χ3n) is 5.27. The van der Waals surface area contributed by atoms with Gasteiger partial charge in [-0.15, -0.1) is 0 Å². The van der Waals surface area contributed by atoms with Crippen molar-refractivity contribution in [1.82, 2.24) is 0 Å². The van der Waals surface area contributed by atoms with Crippen LogP contribution in [0.15, 0.2) is 42.0 Å². The maximum absolute atomic E-state index is 12.3. The first-order chi connectivity index (χ1) is 10.8. The molecule has 4 atom stereocenters. The Kier molecular flexibility index (Phi) is 4.10. The molecule has 0 radical (unpaired) electrons. The molecule has 1 aliphatic heterocycles. The van der Waals surface area contributed by atoms with Gasteiger partial charge in [-0.3, -0.25) is 4.79 Å². The molecule has 0 unspecified atom stereocenters. The zero-order valence-corrected chi connectivity index (χ0v) is 13.6. The second-order valence-corrected chi connectivity index (χ2v) is 7.67. The molecule has 1 aromatic carbocycles. The first-order valence-corrected chi connectivity index (χ1v) is 9.51. The molecule has 0 N–H and O–H groups in total. The van der Waals surface area contributed by atoms with Crippen molar-refractivity contribution in [2.45, 2.75) is 43.8 Å². The van der Waals surface area contributed by atoms with Crippen LogP contribution in [0.2, 0.25) is 0 Å². The summed E-state index contributed by atoms with van der Waals surface area (Å²) in [6.45, 7) is 0. The quantitative estimate of drug-likeness (QED) is 0.844. The summed E-state index contributed by atoms with van der Waals surface area (Å²) in [6.07, 6.45) is 6.58. The number of carbonyl (C=O) groups excluding carboxylic acids is 1. The number of ketones is 1. The van der Waals surface area contributed by atoms with Gasteiger partial charge < -0.3 is 4.74 Å². The van der Waals surface area contributed by atoms with E-state index in [1.807, 2.05) is 17.8 Å². The second-order valence-electron chi connectivity index (χ2n) is 6.64. The number of fused-ring (bicyclic) bond motifs is 1. The van der Waals surface area contributed by atoms with Gasteiger partial charge in [0.05, 0.1) is 6.10 Å². The minimum absolute atomic E-state index is 0.198. The molecule has 1 saturated heterocycles. The van der Waals surface area contributed by atoms with Gasteiger partial charge in [-0.25, -0.2) is 0 Å². The number of hydrogen-bond donors (Lipinski definition) is 0. The van der Waals surface area contributed by atoms with Crippen LogP contribution >= 0.6 is 11.8 Å². The van der Waals surface area contributed by atoms with Crippen LogP contribution in [-0.2, 0) is 9.53 Å². The van der Waals surface area contributed by atoms with Crippen LogP contribution in [0.25, 0.3) is 0 Å². The highest BCUT2D eigenvalue weighted by Crippen LogP contribution is 2.41. The minimum Gasteiger partial charge on any atom is -0.366 e. The van der Waals surface area contributed by atoms with E-state index in [9.17, 15) is 4.79 Å². The van der Waals surface area contributed by atoms with E-state index in [4.69, 9.17) is 4.74 Å². The SMILES string of the molecule is O=C1C=C2CSC[C@@H]2[C@H]1O[C@@H]1CCCC[C@H]1c1ccccc1. The number of ether oxygens (including phenoxy) is 1. The predicted octanol–water partition coefficient (Wildman–Crippen LogP) is 3.97. The summed E-state index contributed by atoms with van der Waals surface area (Å²) in [5, 5.41) is 0. The lowest BCUT2D eigenvalue weighted by molar-refractivity contribution is -0.133. The number of hydrogen-bond acceptors (Lipinski definition) is 3. The lowest BCUT2D eigenvalue weighted by Gasteiger charge is -2.34. The van der Waals surface area contributed by atoms with E-state index in [0.717, 1.165) is 17.9 Å². The van der Waals surface area contributed by atoms with E-state index in [-0.39, 0.29) is 18.0 Å². The predicted molar refractivity (Wildman–Crippen MR) is 90.2 cm³/mol. The monoisotopic (exact) mass is 314 g/mol. The van der Waals surface area contributed by atoms with Crippen LogP contribution in [0.4, 0.5) is 0 Å². The molecule has 116 valence electrons. The van der Waals surface area contributed by atoms with Gasteiger partial charge in [-0.2, -0.15) is 11.8 Å². The Morgan fingerprint density at radius 1 is 1.05 bits per heavy atom. The maximum atomic E-state index is 12.3. The summed E-state index contributed by atoms with van der Waals surface area (Å²) in [5.74, 6) is 3.06. The van der Waals surface area contributed by atoms with Gasteiger partial charge in [0.2, 0.25) is 0 Å². The molecule has 0 amide bonds. The van der Waals surface area contributed by atoms with E-state index < -0.39 is 0 Å². The summed E-state index contributed by atoms with van der Waals surface area (Å²) in [4.78, 5) is 12.3. The molecule has 2 fully saturated rings. The van der Waals surface area contributed by atoms with Crippen LogP contribution in [0.1, 0.15) is 37.2 Å². The molecule has 4 rings (SSSR count). The highest BCUT2D eigenvalue weighted by Gasteiger charge is 2.42. The molecule has 2 nitrogen and oxygen atoms in total. The van der Waals surface area contributed by atoms with Crippen LogP contribution in [0.5, 0.6) is 0 Å². The van der Waals surface area contributed by atoms with Gasteiger partial charge in [-0.1, -0.05) is 43.2 Å². The number of rotatable bonds is 3. The summed E-state index contributed by atoms with van der Waals surface area (Å²) in [7, 11) is 0. The smallest absolute Gasteiger partial charge is 0.185 e. The van der Waals surface area contributed by atoms with Crippen molar-refractivity contribution in [3.05, 3.63) is 47.5 Å². The first kappa shape index (κ1) is 14.5. The zero-order chi connectivity index (χ0) is 14.9. The Morgan fingerprint density at radius 3 is 2.73 bits per heavy atom. The molecule has 22 heavy (non-hydrogen) atoms. The third-order valence-corrected chi connectivity index (χ3v) is 6.40. The second kappa shape index (κ2) is 6.21. The molecule has 1 aromatic rings. The fraction of sp³-hybridized carbons (Fsp3) is 0.526.